The molecular weight excluding hydrogens is 548 g/mol. The fourth-order valence-electron chi connectivity index (χ4n) is 4.85. The maximum absolute atomic E-state index is 13.9. The molecule has 42 heavy (non-hydrogen) atoms. The van der Waals surface area contributed by atoms with Crippen molar-refractivity contribution in [2.24, 2.45) is 16.5 Å². The summed E-state index contributed by atoms with van der Waals surface area (Å²) in [5.41, 5.74) is 12.7. The SMILES string of the molecule is NC(N)=Nc1ccc2c(c1)CCCOc1c(cccc1C(=O)N(CC(=O)O)[C@H]1Cc3ccc(O)cc3OC1=O)OC2=O. The number of phenolic OH excluding ortho intramolecular Hbond substituents is 1. The fourth-order valence-corrected chi connectivity index (χ4v) is 4.85. The molecule has 3 aromatic rings. The Labute approximate surface area is 238 Å². The van der Waals surface area contributed by atoms with Gasteiger partial charge in [-0.15, -0.1) is 0 Å². The molecule has 216 valence electrons. The molecule has 0 spiro atoms. The number of aliphatic imine (C=N–C) groups is 1. The van der Waals surface area contributed by atoms with Gasteiger partial charge in [-0.25, -0.2) is 14.6 Å². The van der Waals surface area contributed by atoms with Crippen molar-refractivity contribution in [3.63, 3.8) is 0 Å². The molecule has 6 N–H and O–H groups in total. The molecule has 2 aliphatic heterocycles. The fraction of sp³-hybridized carbons (Fsp3) is 0.207. The van der Waals surface area contributed by atoms with Crippen molar-refractivity contribution in [1.29, 1.82) is 0 Å². The highest BCUT2D eigenvalue weighted by Crippen LogP contribution is 2.36. The zero-order valence-corrected chi connectivity index (χ0v) is 22.1. The van der Waals surface area contributed by atoms with Crippen LogP contribution in [0.3, 0.4) is 0 Å². The minimum Gasteiger partial charge on any atom is -0.508 e. The van der Waals surface area contributed by atoms with E-state index in [1.54, 1.807) is 12.1 Å². The van der Waals surface area contributed by atoms with E-state index in [0.29, 0.717) is 29.7 Å². The van der Waals surface area contributed by atoms with Gasteiger partial charge in [0.05, 0.1) is 23.4 Å². The number of para-hydroxylation sites is 1. The highest BCUT2D eigenvalue weighted by atomic mass is 16.6. The first-order chi connectivity index (χ1) is 20.1. The second-order valence-corrected chi connectivity index (χ2v) is 9.61. The number of phenols is 1. The molecule has 0 saturated heterocycles. The molecule has 2 aliphatic rings. The monoisotopic (exact) mass is 574 g/mol. The van der Waals surface area contributed by atoms with Crippen molar-refractivity contribution in [3.05, 3.63) is 76.9 Å². The van der Waals surface area contributed by atoms with Crippen molar-refractivity contribution in [3.8, 4) is 23.0 Å². The number of hydrogen-bond donors (Lipinski definition) is 4. The van der Waals surface area contributed by atoms with Gasteiger partial charge in [-0.2, -0.15) is 0 Å². The average molecular weight is 575 g/mol. The van der Waals surface area contributed by atoms with Gasteiger partial charge in [0, 0.05) is 12.5 Å². The minimum atomic E-state index is -1.36. The number of amides is 1. The van der Waals surface area contributed by atoms with Gasteiger partial charge in [0.15, 0.2) is 17.5 Å². The maximum Gasteiger partial charge on any atom is 0.343 e. The van der Waals surface area contributed by atoms with E-state index in [1.165, 1.54) is 42.5 Å². The zero-order valence-electron chi connectivity index (χ0n) is 22.1. The Morgan fingerprint density at radius 1 is 1.00 bits per heavy atom. The molecule has 0 aliphatic carbocycles. The summed E-state index contributed by atoms with van der Waals surface area (Å²) in [6.45, 7) is -0.705. The van der Waals surface area contributed by atoms with Gasteiger partial charge in [0.1, 0.15) is 24.1 Å². The van der Waals surface area contributed by atoms with Crippen molar-refractivity contribution < 1.29 is 43.6 Å². The smallest absolute Gasteiger partial charge is 0.343 e. The summed E-state index contributed by atoms with van der Waals surface area (Å²) < 4.78 is 16.9. The molecule has 0 unspecified atom stereocenters. The van der Waals surface area contributed by atoms with Crippen LogP contribution in [0.1, 0.15) is 38.3 Å². The third kappa shape index (κ3) is 5.80. The normalized spacial score (nSPS) is 15.9. The Balaban J connectivity index is 1.49. The number of hydrogen-bond acceptors (Lipinski definition) is 9. The van der Waals surface area contributed by atoms with Crippen LogP contribution in [-0.4, -0.2) is 64.1 Å². The third-order valence-corrected chi connectivity index (χ3v) is 6.71. The summed E-state index contributed by atoms with van der Waals surface area (Å²) in [5.74, 6) is -4.02. The predicted octanol–water partition coefficient (Wildman–Crippen LogP) is 1.90. The first kappa shape index (κ1) is 28.0. The highest BCUT2D eigenvalue weighted by molar-refractivity contribution is 6.02. The van der Waals surface area contributed by atoms with Crippen LogP contribution in [-0.2, 0) is 22.4 Å². The number of carboxylic acids is 1. The second kappa shape index (κ2) is 11.5. The topological polar surface area (TPSA) is 204 Å². The van der Waals surface area contributed by atoms with Gasteiger partial charge in [-0.3, -0.25) is 9.59 Å². The quantitative estimate of drug-likeness (QED) is 0.150. The van der Waals surface area contributed by atoms with Crippen molar-refractivity contribution in [2.75, 3.05) is 13.2 Å². The van der Waals surface area contributed by atoms with E-state index < -0.39 is 36.4 Å². The molecule has 0 bridgehead atoms. The van der Waals surface area contributed by atoms with Gasteiger partial charge < -0.3 is 40.8 Å². The van der Waals surface area contributed by atoms with E-state index in [0.717, 1.165) is 4.90 Å². The predicted molar refractivity (Wildman–Crippen MR) is 147 cm³/mol. The van der Waals surface area contributed by atoms with Crippen LogP contribution in [0.5, 0.6) is 23.0 Å². The van der Waals surface area contributed by atoms with Gasteiger partial charge >= 0.3 is 17.9 Å². The molecule has 0 aromatic heterocycles. The number of esters is 2. The van der Waals surface area contributed by atoms with Crippen molar-refractivity contribution >= 4 is 35.5 Å². The summed E-state index contributed by atoms with van der Waals surface area (Å²) in [7, 11) is 0. The lowest BCUT2D eigenvalue weighted by Crippen LogP contribution is -2.51. The minimum absolute atomic E-state index is 0.0447. The van der Waals surface area contributed by atoms with Crippen LogP contribution < -0.4 is 25.7 Å². The Morgan fingerprint density at radius 3 is 2.57 bits per heavy atom. The van der Waals surface area contributed by atoms with Crippen LogP contribution in [0.25, 0.3) is 0 Å². The number of nitrogens with zero attached hydrogens (tertiary/aromatic N) is 2. The van der Waals surface area contributed by atoms with Crippen LogP contribution >= 0.6 is 0 Å². The van der Waals surface area contributed by atoms with Crippen LogP contribution in [0.4, 0.5) is 5.69 Å². The maximum atomic E-state index is 13.9. The van der Waals surface area contributed by atoms with Gasteiger partial charge in [-0.1, -0.05) is 12.1 Å². The van der Waals surface area contributed by atoms with Crippen LogP contribution in [0, 0.1) is 0 Å². The number of aryl methyl sites for hydroxylation is 1. The molecule has 0 radical (unpaired) electrons. The third-order valence-electron chi connectivity index (χ3n) is 6.71. The molecule has 13 heteroatoms. The Kier molecular flexibility index (Phi) is 7.65. The number of carboxylic acid groups (broad SMARTS) is 1. The molecule has 13 nitrogen and oxygen atoms in total. The number of carbonyl (C=O) groups excluding carboxylic acids is 3. The number of aliphatic carboxylic acids is 1. The van der Waals surface area contributed by atoms with E-state index in [2.05, 4.69) is 4.99 Å². The lowest BCUT2D eigenvalue weighted by atomic mass is 9.99. The second-order valence-electron chi connectivity index (χ2n) is 9.61. The first-order valence-electron chi connectivity index (χ1n) is 12.9. The highest BCUT2D eigenvalue weighted by Gasteiger charge is 2.39. The Hall–Kier alpha value is -5.59. The summed E-state index contributed by atoms with van der Waals surface area (Å²) in [6, 6.07) is 12.0. The van der Waals surface area contributed by atoms with E-state index in [-0.39, 0.29) is 53.1 Å². The summed E-state index contributed by atoms with van der Waals surface area (Å²) >= 11 is 0. The van der Waals surface area contributed by atoms with E-state index in [4.69, 9.17) is 25.7 Å². The number of fused-ring (bicyclic) bond motifs is 3. The van der Waals surface area contributed by atoms with E-state index in [1.807, 2.05) is 0 Å². The lowest BCUT2D eigenvalue weighted by molar-refractivity contribution is -0.143. The first-order valence-corrected chi connectivity index (χ1v) is 12.9. The Bertz CT molecular complexity index is 1630. The van der Waals surface area contributed by atoms with E-state index >= 15 is 0 Å². The van der Waals surface area contributed by atoms with Crippen molar-refractivity contribution in [2.45, 2.75) is 25.3 Å². The number of aromatic hydroxyl groups is 1. The summed E-state index contributed by atoms with van der Waals surface area (Å²) in [4.78, 5) is 56.7. The number of ether oxygens (including phenoxy) is 3. The van der Waals surface area contributed by atoms with Gasteiger partial charge in [0.2, 0.25) is 0 Å². The molecule has 0 fully saturated rings. The Morgan fingerprint density at radius 2 is 1.81 bits per heavy atom. The molecular formula is C29H26N4O9. The molecule has 0 saturated carbocycles. The summed E-state index contributed by atoms with van der Waals surface area (Å²) in [6.07, 6.45) is 0.791. The van der Waals surface area contributed by atoms with Crippen LogP contribution in [0.15, 0.2) is 59.6 Å². The molecule has 2 heterocycles. The number of rotatable bonds is 5. The van der Waals surface area contributed by atoms with Gasteiger partial charge in [-0.05, 0) is 60.4 Å². The van der Waals surface area contributed by atoms with Crippen LogP contribution in [0.2, 0.25) is 0 Å². The molecule has 1 atom stereocenters. The van der Waals surface area contributed by atoms with E-state index in [9.17, 15) is 29.4 Å². The number of benzene rings is 3. The number of nitrogens with two attached hydrogens (primary N) is 2. The largest absolute Gasteiger partial charge is 0.508 e. The average Bonchev–Trinajstić information content (AvgIpc) is 2.93. The molecule has 1 amide bonds. The van der Waals surface area contributed by atoms with Crippen molar-refractivity contribution in [1.82, 2.24) is 4.90 Å². The lowest BCUT2D eigenvalue weighted by Gasteiger charge is -2.33. The number of carbonyl (C=O) groups is 4. The standard InChI is InChI=1S/C29H26N4O9/c30-29(31)32-17-7-9-19-15(11-17)3-2-10-40-25-20(4-1-5-22(25)41-27(19)38)26(37)33(14-24(35)36)21-12-16-6-8-18(34)13-23(16)42-28(21)39/h1,4-9,11,13,21,34H,2-3,10,12,14H2,(H,35,36)(H4,30,31,32)/t21-/m0/s1. The summed E-state index contributed by atoms with van der Waals surface area (Å²) in [5, 5.41) is 19.3. The molecule has 5 rings (SSSR count). The zero-order chi connectivity index (χ0) is 30.0. The van der Waals surface area contributed by atoms with Gasteiger partial charge in [0.25, 0.3) is 5.91 Å². The number of guanidine groups is 1. The molecule has 3 aromatic carbocycles.